The van der Waals surface area contributed by atoms with E-state index in [-0.39, 0.29) is 12.1 Å². The molecular weight excluding hydrogens is 317 g/mol. The molecule has 2 aromatic carbocycles. The minimum Gasteiger partial charge on any atom is -0.485 e. The Bertz CT molecular complexity index is 660. The van der Waals surface area contributed by atoms with Gasteiger partial charge in [-0.05, 0) is 30.3 Å². The Balaban J connectivity index is 1.97. The van der Waals surface area contributed by atoms with Crippen molar-refractivity contribution in [3.63, 3.8) is 0 Å². The molecule has 0 aromatic heterocycles. The molecule has 0 amide bonds. The number of rotatable bonds is 1. The van der Waals surface area contributed by atoms with Crippen LogP contribution in [-0.4, -0.2) is 0 Å². The topological polar surface area (TPSA) is 35.2 Å². The van der Waals surface area contributed by atoms with E-state index in [1.165, 1.54) is 0 Å². The standard InChI is InChI=1S/C15H12Cl3NO/c16-8-2-4-14-11(5-8)13(19)7-15(20-14)10-3-1-9(17)6-12(10)18/h1-6,13,15H,7,19H2/t13-,15?/m0/s1. The summed E-state index contributed by atoms with van der Waals surface area (Å²) in [4.78, 5) is 0. The van der Waals surface area contributed by atoms with Crippen LogP contribution in [0, 0.1) is 0 Å². The Morgan fingerprint density at radius 2 is 1.65 bits per heavy atom. The third-order valence-corrected chi connectivity index (χ3v) is 4.22. The van der Waals surface area contributed by atoms with Gasteiger partial charge in [0, 0.05) is 38.7 Å². The summed E-state index contributed by atoms with van der Waals surface area (Å²) in [5, 5.41) is 1.85. The number of hydrogen-bond donors (Lipinski definition) is 1. The largest absolute Gasteiger partial charge is 0.485 e. The second kappa shape index (κ2) is 5.45. The van der Waals surface area contributed by atoms with Gasteiger partial charge < -0.3 is 10.5 Å². The van der Waals surface area contributed by atoms with Crippen molar-refractivity contribution >= 4 is 34.8 Å². The average molecular weight is 329 g/mol. The lowest BCUT2D eigenvalue weighted by Crippen LogP contribution is -2.24. The van der Waals surface area contributed by atoms with Crippen LogP contribution in [0.2, 0.25) is 15.1 Å². The van der Waals surface area contributed by atoms with Gasteiger partial charge in [0.05, 0.1) is 0 Å². The van der Waals surface area contributed by atoms with Crippen molar-refractivity contribution in [2.24, 2.45) is 5.73 Å². The molecule has 2 nitrogen and oxygen atoms in total. The maximum Gasteiger partial charge on any atom is 0.127 e. The van der Waals surface area contributed by atoms with E-state index in [0.717, 1.165) is 16.9 Å². The minimum absolute atomic E-state index is 0.130. The summed E-state index contributed by atoms with van der Waals surface area (Å²) in [7, 11) is 0. The van der Waals surface area contributed by atoms with Gasteiger partial charge in [-0.15, -0.1) is 0 Å². The smallest absolute Gasteiger partial charge is 0.127 e. The second-order valence-electron chi connectivity index (χ2n) is 4.80. The van der Waals surface area contributed by atoms with Gasteiger partial charge in [0.25, 0.3) is 0 Å². The Morgan fingerprint density at radius 3 is 2.40 bits per heavy atom. The zero-order chi connectivity index (χ0) is 14.3. The lowest BCUT2D eigenvalue weighted by Gasteiger charge is -2.31. The lowest BCUT2D eigenvalue weighted by molar-refractivity contribution is 0.161. The molecule has 0 saturated heterocycles. The first kappa shape index (κ1) is 14.0. The molecule has 2 aromatic rings. The van der Waals surface area contributed by atoms with Gasteiger partial charge in [0.1, 0.15) is 11.9 Å². The highest BCUT2D eigenvalue weighted by Crippen LogP contribution is 2.42. The van der Waals surface area contributed by atoms with Gasteiger partial charge in [-0.2, -0.15) is 0 Å². The highest BCUT2D eigenvalue weighted by atomic mass is 35.5. The highest BCUT2D eigenvalue weighted by molar-refractivity contribution is 6.35. The van der Waals surface area contributed by atoms with Crippen LogP contribution in [-0.2, 0) is 0 Å². The summed E-state index contributed by atoms with van der Waals surface area (Å²) in [5.74, 6) is 0.754. The van der Waals surface area contributed by atoms with Crippen LogP contribution in [0.15, 0.2) is 36.4 Å². The molecule has 0 bridgehead atoms. The van der Waals surface area contributed by atoms with E-state index in [9.17, 15) is 0 Å². The molecule has 5 heteroatoms. The summed E-state index contributed by atoms with van der Waals surface area (Å²) in [6, 6.07) is 10.7. The van der Waals surface area contributed by atoms with Crippen molar-refractivity contribution in [3.05, 3.63) is 62.6 Å². The number of hydrogen-bond acceptors (Lipinski definition) is 2. The van der Waals surface area contributed by atoms with Crippen molar-refractivity contribution in [1.29, 1.82) is 0 Å². The molecule has 20 heavy (non-hydrogen) atoms. The number of nitrogens with two attached hydrogens (primary N) is 1. The zero-order valence-corrected chi connectivity index (χ0v) is 12.7. The number of fused-ring (bicyclic) bond motifs is 1. The van der Waals surface area contributed by atoms with Crippen LogP contribution in [0.5, 0.6) is 5.75 Å². The molecule has 0 aliphatic carbocycles. The van der Waals surface area contributed by atoms with Crippen molar-refractivity contribution in [2.45, 2.75) is 18.6 Å². The Hall–Kier alpha value is -0.930. The van der Waals surface area contributed by atoms with Crippen LogP contribution >= 0.6 is 34.8 Å². The van der Waals surface area contributed by atoms with Crippen LogP contribution in [0.3, 0.4) is 0 Å². The van der Waals surface area contributed by atoms with Crippen molar-refractivity contribution < 1.29 is 4.74 Å². The van der Waals surface area contributed by atoms with Gasteiger partial charge >= 0.3 is 0 Å². The van der Waals surface area contributed by atoms with Gasteiger partial charge in [0.15, 0.2) is 0 Å². The fraction of sp³-hybridized carbons (Fsp3) is 0.200. The monoisotopic (exact) mass is 327 g/mol. The lowest BCUT2D eigenvalue weighted by atomic mass is 9.93. The molecule has 3 rings (SSSR count). The van der Waals surface area contributed by atoms with E-state index in [4.69, 9.17) is 45.3 Å². The average Bonchev–Trinajstić information content (AvgIpc) is 2.39. The predicted octanol–water partition coefficient (Wildman–Crippen LogP) is 5.17. The first-order chi connectivity index (χ1) is 9.54. The molecule has 2 N–H and O–H groups in total. The van der Waals surface area contributed by atoms with Crippen LogP contribution < -0.4 is 10.5 Å². The van der Waals surface area contributed by atoms with E-state index in [2.05, 4.69) is 0 Å². The molecule has 1 unspecified atom stereocenters. The van der Waals surface area contributed by atoms with E-state index < -0.39 is 0 Å². The SMILES string of the molecule is N[C@H]1CC(c2ccc(Cl)cc2Cl)Oc2ccc(Cl)cc21. The Labute approximate surface area is 132 Å². The number of ether oxygens (including phenoxy) is 1. The van der Waals surface area contributed by atoms with E-state index in [1.807, 2.05) is 18.2 Å². The fourth-order valence-electron chi connectivity index (χ4n) is 2.43. The molecule has 0 fully saturated rings. The van der Waals surface area contributed by atoms with Crippen LogP contribution in [0.25, 0.3) is 0 Å². The molecule has 2 atom stereocenters. The van der Waals surface area contributed by atoms with Gasteiger partial charge in [-0.25, -0.2) is 0 Å². The summed E-state index contributed by atoms with van der Waals surface area (Å²) in [6.07, 6.45) is 0.470. The zero-order valence-electron chi connectivity index (χ0n) is 10.4. The maximum absolute atomic E-state index is 6.24. The molecular formula is C15H12Cl3NO. The first-order valence-corrected chi connectivity index (χ1v) is 7.34. The molecule has 104 valence electrons. The fourth-order valence-corrected chi connectivity index (χ4v) is 3.14. The second-order valence-corrected chi connectivity index (χ2v) is 6.08. The maximum atomic E-state index is 6.24. The van der Waals surface area contributed by atoms with Crippen molar-refractivity contribution in [2.75, 3.05) is 0 Å². The van der Waals surface area contributed by atoms with Crippen molar-refractivity contribution in [3.8, 4) is 5.75 Å². The first-order valence-electron chi connectivity index (χ1n) is 6.21. The van der Waals surface area contributed by atoms with Gasteiger partial charge in [-0.3, -0.25) is 0 Å². The Kier molecular flexibility index (Phi) is 3.83. The molecule has 0 spiro atoms. The normalized spacial score (nSPS) is 21.2. The number of halogens is 3. The van der Waals surface area contributed by atoms with E-state index in [1.54, 1.807) is 18.2 Å². The quantitative estimate of drug-likeness (QED) is 0.783. The highest BCUT2D eigenvalue weighted by Gasteiger charge is 2.28. The summed E-state index contributed by atoms with van der Waals surface area (Å²) in [5.41, 5.74) is 8.04. The van der Waals surface area contributed by atoms with E-state index >= 15 is 0 Å². The third kappa shape index (κ3) is 2.61. The molecule has 1 aliphatic heterocycles. The Morgan fingerprint density at radius 1 is 0.950 bits per heavy atom. The number of benzene rings is 2. The third-order valence-electron chi connectivity index (χ3n) is 3.42. The minimum atomic E-state index is -0.177. The van der Waals surface area contributed by atoms with Crippen LogP contribution in [0.1, 0.15) is 29.7 Å². The summed E-state index contributed by atoms with van der Waals surface area (Å²) >= 11 is 18.1. The van der Waals surface area contributed by atoms with E-state index in [0.29, 0.717) is 21.5 Å². The van der Waals surface area contributed by atoms with Crippen molar-refractivity contribution in [1.82, 2.24) is 0 Å². The predicted molar refractivity (Wildman–Crippen MR) is 82.8 cm³/mol. The van der Waals surface area contributed by atoms with Gasteiger partial charge in [0.2, 0.25) is 0 Å². The van der Waals surface area contributed by atoms with Crippen LogP contribution in [0.4, 0.5) is 0 Å². The molecule has 1 heterocycles. The van der Waals surface area contributed by atoms with Gasteiger partial charge in [-0.1, -0.05) is 40.9 Å². The molecule has 0 radical (unpaired) electrons. The molecule has 0 saturated carbocycles. The summed E-state index contributed by atoms with van der Waals surface area (Å²) in [6.45, 7) is 0. The summed E-state index contributed by atoms with van der Waals surface area (Å²) < 4.78 is 6.00. The molecule has 1 aliphatic rings.